The summed E-state index contributed by atoms with van der Waals surface area (Å²) in [4.78, 5) is 29.4. The second-order valence-corrected chi connectivity index (χ2v) is 13.3. The second-order valence-electron chi connectivity index (χ2n) is 10.5. The third kappa shape index (κ3) is 8.22. The van der Waals surface area contributed by atoms with Gasteiger partial charge in [-0.15, -0.1) is 0 Å². The molecule has 0 spiro atoms. The Kier molecular flexibility index (Phi) is 11.3. The van der Waals surface area contributed by atoms with Gasteiger partial charge in [0.05, 0.1) is 17.7 Å². The number of benzene rings is 3. The van der Waals surface area contributed by atoms with E-state index in [1.807, 2.05) is 6.92 Å². The van der Waals surface area contributed by atoms with E-state index in [1.54, 1.807) is 60.7 Å². The molecule has 1 saturated carbocycles. The summed E-state index contributed by atoms with van der Waals surface area (Å²) in [5.74, 6) is -0.279. The second kappa shape index (κ2) is 14.9. The molecule has 0 aliphatic heterocycles. The summed E-state index contributed by atoms with van der Waals surface area (Å²) in [5, 5.41) is 3.92. The molecule has 1 aliphatic carbocycles. The van der Waals surface area contributed by atoms with Gasteiger partial charge in [0.1, 0.15) is 18.3 Å². The molecule has 1 unspecified atom stereocenters. The molecule has 8 nitrogen and oxygen atoms in total. The summed E-state index contributed by atoms with van der Waals surface area (Å²) in [6.07, 6.45) is 5.32. The first-order valence-corrected chi connectivity index (χ1v) is 16.6. The van der Waals surface area contributed by atoms with Crippen LogP contribution in [0.15, 0.2) is 77.7 Å². The van der Waals surface area contributed by atoms with E-state index in [1.165, 1.54) is 24.1 Å². The molecule has 3 aromatic rings. The molecule has 1 fully saturated rings. The number of hydrogen-bond acceptors (Lipinski definition) is 5. The SMILES string of the molecule is CCC(C(=O)NC1CCCCC1)N(Cc1ccc(Cl)cc1Cl)C(=O)CN(c1ccc(OC)cc1)S(=O)(=O)c1ccccc1. The van der Waals surface area contributed by atoms with Crippen molar-refractivity contribution in [1.29, 1.82) is 0 Å². The Hall–Kier alpha value is -3.27. The van der Waals surface area contributed by atoms with E-state index in [0.717, 1.165) is 36.4 Å². The van der Waals surface area contributed by atoms with Gasteiger partial charge in [-0.2, -0.15) is 0 Å². The molecule has 1 aliphatic rings. The van der Waals surface area contributed by atoms with Gasteiger partial charge in [0.2, 0.25) is 11.8 Å². The lowest BCUT2D eigenvalue weighted by molar-refractivity contribution is -0.140. The van der Waals surface area contributed by atoms with Crippen molar-refractivity contribution in [3.8, 4) is 5.75 Å². The summed E-state index contributed by atoms with van der Waals surface area (Å²) in [6.45, 7) is 1.28. The minimum Gasteiger partial charge on any atom is -0.497 e. The average molecular weight is 647 g/mol. The minimum absolute atomic E-state index is 0.00668. The van der Waals surface area contributed by atoms with Crippen molar-refractivity contribution in [2.24, 2.45) is 0 Å². The van der Waals surface area contributed by atoms with Crippen molar-refractivity contribution in [1.82, 2.24) is 10.2 Å². The van der Waals surface area contributed by atoms with Gasteiger partial charge in [0.15, 0.2) is 0 Å². The van der Waals surface area contributed by atoms with Crippen LogP contribution in [0.25, 0.3) is 0 Å². The normalized spacial score (nSPS) is 14.5. The van der Waals surface area contributed by atoms with Gasteiger partial charge < -0.3 is 15.0 Å². The number of anilines is 1. The maximum Gasteiger partial charge on any atom is 0.264 e. The molecule has 43 heavy (non-hydrogen) atoms. The fraction of sp³-hybridized carbons (Fsp3) is 0.375. The fourth-order valence-corrected chi connectivity index (χ4v) is 7.20. The number of amides is 2. The Morgan fingerprint density at radius 3 is 2.26 bits per heavy atom. The zero-order valence-electron chi connectivity index (χ0n) is 24.3. The highest BCUT2D eigenvalue weighted by Crippen LogP contribution is 2.28. The van der Waals surface area contributed by atoms with Crippen LogP contribution in [0, 0.1) is 0 Å². The molecule has 11 heteroatoms. The van der Waals surface area contributed by atoms with Crippen molar-refractivity contribution in [3.63, 3.8) is 0 Å². The minimum atomic E-state index is -4.16. The molecule has 4 rings (SSSR count). The summed E-state index contributed by atoms with van der Waals surface area (Å²) in [7, 11) is -2.65. The third-order valence-electron chi connectivity index (χ3n) is 7.66. The van der Waals surface area contributed by atoms with Crippen LogP contribution in [0.5, 0.6) is 5.75 Å². The van der Waals surface area contributed by atoms with E-state index in [0.29, 0.717) is 27.8 Å². The van der Waals surface area contributed by atoms with Crippen molar-refractivity contribution in [2.75, 3.05) is 18.0 Å². The zero-order valence-corrected chi connectivity index (χ0v) is 26.7. The van der Waals surface area contributed by atoms with E-state index in [9.17, 15) is 18.0 Å². The van der Waals surface area contributed by atoms with Gasteiger partial charge in [0.25, 0.3) is 10.0 Å². The van der Waals surface area contributed by atoms with Crippen LogP contribution in [0.1, 0.15) is 51.0 Å². The molecular weight excluding hydrogens is 609 g/mol. The molecule has 1 N–H and O–H groups in total. The maximum absolute atomic E-state index is 14.3. The van der Waals surface area contributed by atoms with Crippen LogP contribution in [0.2, 0.25) is 10.0 Å². The van der Waals surface area contributed by atoms with Gasteiger partial charge in [0, 0.05) is 22.6 Å². The Balaban J connectivity index is 1.72. The molecule has 0 aromatic heterocycles. The molecule has 1 atom stereocenters. The number of rotatable bonds is 12. The van der Waals surface area contributed by atoms with Crippen LogP contribution < -0.4 is 14.4 Å². The summed E-state index contributed by atoms with van der Waals surface area (Å²) in [5.41, 5.74) is 0.868. The number of carbonyl (C=O) groups excluding carboxylic acids is 2. The lowest BCUT2D eigenvalue weighted by Crippen LogP contribution is -2.54. The number of carbonyl (C=O) groups is 2. The number of sulfonamides is 1. The van der Waals surface area contributed by atoms with Gasteiger partial charge >= 0.3 is 0 Å². The van der Waals surface area contributed by atoms with Crippen molar-refractivity contribution in [2.45, 2.75) is 69.0 Å². The first kappa shape index (κ1) is 32.6. The molecule has 2 amide bonds. The fourth-order valence-electron chi connectivity index (χ4n) is 5.29. The molecule has 3 aromatic carbocycles. The molecular formula is C32H37Cl2N3O5S. The van der Waals surface area contributed by atoms with E-state index >= 15 is 0 Å². The van der Waals surface area contributed by atoms with Crippen molar-refractivity contribution < 1.29 is 22.7 Å². The van der Waals surface area contributed by atoms with Crippen molar-refractivity contribution in [3.05, 3.63) is 88.4 Å². The average Bonchev–Trinajstić information content (AvgIpc) is 3.01. The topological polar surface area (TPSA) is 96.0 Å². The zero-order chi connectivity index (χ0) is 31.0. The van der Waals surface area contributed by atoms with Crippen LogP contribution in [0.4, 0.5) is 5.69 Å². The van der Waals surface area contributed by atoms with E-state index in [-0.39, 0.29) is 29.1 Å². The Morgan fingerprint density at radius 2 is 1.65 bits per heavy atom. The van der Waals surface area contributed by atoms with Gasteiger partial charge in [-0.05, 0) is 73.4 Å². The van der Waals surface area contributed by atoms with E-state index in [4.69, 9.17) is 27.9 Å². The molecule has 0 radical (unpaired) electrons. The van der Waals surface area contributed by atoms with Gasteiger partial charge in [-0.1, -0.05) is 73.7 Å². The Morgan fingerprint density at radius 1 is 0.977 bits per heavy atom. The van der Waals surface area contributed by atoms with Crippen LogP contribution in [-0.2, 0) is 26.2 Å². The maximum atomic E-state index is 14.3. The number of nitrogens with one attached hydrogen (secondary N) is 1. The monoisotopic (exact) mass is 645 g/mol. The lowest BCUT2D eigenvalue weighted by Gasteiger charge is -2.34. The summed E-state index contributed by atoms with van der Waals surface area (Å²) >= 11 is 12.6. The highest BCUT2D eigenvalue weighted by molar-refractivity contribution is 7.92. The standard InChI is InChI=1S/C32H37Cl2N3O5S/c1-3-30(32(39)35-25-10-6-4-7-11-25)36(21-23-14-15-24(33)20-29(23)34)31(38)22-37(26-16-18-27(42-2)19-17-26)43(40,41)28-12-8-5-9-13-28/h5,8-9,12-20,25,30H,3-4,6-7,10-11,21-22H2,1-2H3,(H,35,39). The number of hydrogen-bond donors (Lipinski definition) is 1. The number of ether oxygens (including phenoxy) is 1. The quantitative estimate of drug-likeness (QED) is 0.244. The van der Waals surface area contributed by atoms with E-state index in [2.05, 4.69) is 5.32 Å². The van der Waals surface area contributed by atoms with Crippen molar-refractivity contribution >= 4 is 50.7 Å². The third-order valence-corrected chi connectivity index (χ3v) is 10.0. The predicted molar refractivity (Wildman–Crippen MR) is 170 cm³/mol. The van der Waals surface area contributed by atoms with Crippen LogP contribution in [0.3, 0.4) is 0 Å². The number of methoxy groups -OCH3 is 1. The first-order chi connectivity index (χ1) is 20.6. The Labute approximate surface area is 264 Å². The molecule has 0 heterocycles. The molecule has 230 valence electrons. The number of halogens is 2. The van der Waals surface area contributed by atoms with Crippen LogP contribution >= 0.6 is 23.2 Å². The first-order valence-electron chi connectivity index (χ1n) is 14.4. The lowest BCUT2D eigenvalue weighted by atomic mass is 9.95. The Bertz CT molecular complexity index is 1500. The molecule has 0 saturated heterocycles. The van der Waals surface area contributed by atoms with Gasteiger partial charge in [-0.3, -0.25) is 13.9 Å². The summed E-state index contributed by atoms with van der Waals surface area (Å²) < 4.78 is 34.2. The van der Waals surface area contributed by atoms with E-state index < -0.39 is 28.5 Å². The highest BCUT2D eigenvalue weighted by Gasteiger charge is 2.34. The summed E-state index contributed by atoms with van der Waals surface area (Å²) in [6, 6.07) is 18.5. The smallest absolute Gasteiger partial charge is 0.264 e. The predicted octanol–water partition coefficient (Wildman–Crippen LogP) is 6.45. The van der Waals surface area contributed by atoms with Gasteiger partial charge in [-0.25, -0.2) is 8.42 Å². The van der Waals surface area contributed by atoms with Crippen LogP contribution in [-0.4, -0.2) is 50.9 Å². The number of nitrogens with zero attached hydrogens (tertiary/aromatic N) is 2. The largest absolute Gasteiger partial charge is 0.497 e. The molecule has 0 bridgehead atoms. The highest BCUT2D eigenvalue weighted by atomic mass is 35.5.